The van der Waals surface area contributed by atoms with Crippen LogP contribution in [0.5, 0.6) is 5.75 Å². The zero-order chi connectivity index (χ0) is 20.9. The number of nitrogens with one attached hydrogen (secondary N) is 2. The first-order valence-corrected chi connectivity index (χ1v) is 10.4. The molecule has 0 bridgehead atoms. The highest BCUT2D eigenvalue weighted by atomic mass is 35.5. The highest BCUT2D eigenvalue weighted by Gasteiger charge is 2.10. The van der Waals surface area contributed by atoms with Crippen LogP contribution in [0.25, 0.3) is 11.4 Å². The molecule has 0 saturated heterocycles. The van der Waals surface area contributed by atoms with E-state index in [2.05, 4.69) is 15.6 Å². The van der Waals surface area contributed by atoms with Gasteiger partial charge < -0.3 is 10.2 Å². The van der Waals surface area contributed by atoms with E-state index in [1.54, 1.807) is 16.8 Å². The molecule has 5 nitrogen and oxygen atoms in total. The predicted octanol–water partition coefficient (Wildman–Crippen LogP) is 6.24. The van der Waals surface area contributed by atoms with E-state index in [0.29, 0.717) is 33.8 Å². The van der Waals surface area contributed by atoms with Crippen LogP contribution in [0.1, 0.15) is 11.1 Å². The first kappa shape index (κ1) is 20.5. The Balaban J connectivity index is 1.51. The SMILES string of the molecule is S=c1[nH]nc(-c2ccccc2)n1NCc1ccccc1OCc1ccc(Cl)cc1Cl. The lowest BCUT2D eigenvalue weighted by atomic mass is 10.2. The van der Waals surface area contributed by atoms with Crippen molar-refractivity contribution in [1.82, 2.24) is 14.9 Å². The van der Waals surface area contributed by atoms with E-state index < -0.39 is 0 Å². The fourth-order valence-corrected chi connectivity index (χ4v) is 3.63. The Labute approximate surface area is 189 Å². The number of aromatic nitrogens is 3. The molecule has 0 aliphatic carbocycles. The van der Waals surface area contributed by atoms with E-state index >= 15 is 0 Å². The third-order valence-corrected chi connectivity index (χ3v) is 5.36. The van der Waals surface area contributed by atoms with Crippen molar-refractivity contribution in [3.8, 4) is 17.1 Å². The topological polar surface area (TPSA) is 54.9 Å². The Bertz CT molecular complexity index is 1210. The van der Waals surface area contributed by atoms with E-state index in [1.807, 2.05) is 60.7 Å². The molecule has 0 radical (unpaired) electrons. The molecule has 1 heterocycles. The second kappa shape index (κ2) is 9.34. The van der Waals surface area contributed by atoms with Gasteiger partial charge >= 0.3 is 0 Å². The third-order valence-electron chi connectivity index (χ3n) is 4.50. The molecule has 152 valence electrons. The average Bonchev–Trinajstić information content (AvgIpc) is 3.13. The van der Waals surface area contributed by atoms with Gasteiger partial charge in [0.2, 0.25) is 4.77 Å². The molecule has 0 aliphatic rings. The lowest BCUT2D eigenvalue weighted by molar-refractivity contribution is 0.303. The Morgan fingerprint density at radius 3 is 2.53 bits per heavy atom. The number of halogens is 2. The number of hydrogen-bond donors (Lipinski definition) is 2. The minimum atomic E-state index is 0.341. The van der Waals surface area contributed by atoms with E-state index in [-0.39, 0.29) is 0 Å². The number of aromatic amines is 1. The highest BCUT2D eigenvalue weighted by molar-refractivity contribution is 7.71. The summed E-state index contributed by atoms with van der Waals surface area (Å²) < 4.78 is 8.28. The van der Waals surface area contributed by atoms with Crippen LogP contribution < -0.4 is 10.2 Å². The van der Waals surface area contributed by atoms with Gasteiger partial charge in [-0.2, -0.15) is 5.10 Å². The lowest BCUT2D eigenvalue weighted by Crippen LogP contribution is -2.16. The van der Waals surface area contributed by atoms with Gasteiger partial charge in [-0.1, -0.05) is 77.8 Å². The molecule has 0 aliphatic heterocycles. The molecule has 8 heteroatoms. The average molecular weight is 457 g/mol. The zero-order valence-corrected chi connectivity index (χ0v) is 18.1. The number of rotatable bonds is 7. The van der Waals surface area contributed by atoms with Gasteiger partial charge in [-0.25, -0.2) is 9.77 Å². The highest BCUT2D eigenvalue weighted by Crippen LogP contribution is 2.25. The van der Waals surface area contributed by atoms with Gasteiger partial charge in [0.1, 0.15) is 12.4 Å². The summed E-state index contributed by atoms with van der Waals surface area (Å²) >= 11 is 17.6. The van der Waals surface area contributed by atoms with Crippen molar-refractivity contribution < 1.29 is 4.74 Å². The van der Waals surface area contributed by atoms with Gasteiger partial charge in [0, 0.05) is 26.7 Å². The maximum Gasteiger partial charge on any atom is 0.214 e. The second-order valence-corrected chi connectivity index (χ2v) is 7.75. The number of H-pyrrole nitrogens is 1. The van der Waals surface area contributed by atoms with Gasteiger partial charge in [0.05, 0.1) is 6.54 Å². The van der Waals surface area contributed by atoms with Crippen LogP contribution in [0.15, 0.2) is 72.8 Å². The van der Waals surface area contributed by atoms with Crippen LogP contribution >= 0.6 is 35.4 Å². The summed E-state index contributed by atoms with van der Waals surface area (Å²) in [6.45, 7) is 0.839. The van der Waals surface area contributed by atoms with Crippen LogP contribution in [0.2, 0.25) is 10.0 Å². The molecule has 0 fully saturated rings. The van der Waals surface area contributed by atoms with Crippen LogP contribution in [0, 0.1) is 4.77 Å². The number of para-hydroxylation sites is 1. The van der Waals surface area contributed by atoms with Gasteiger partial charge in [-0.05, 0) is 30.4 Å². The van der Waals surface area contributed by atoms with Crippen LogP contribution in [0.4, 0.5) is 0 Å². The maximum atomic E-state index is 6.26. The lowest BCUT2D eigenvalue weighted by Gasteiger charge is -2.15. The normalized spacial score (nSPS) is 10.7. The summed E-state index contributed by atoms with van der Waals surface area (Å²) in [7, 11) is 0. The minimum Gasteiger partial charge on any atom is -0.488 e. The van der Waals surface area contributed by atoms with Crippen molar-refractivity contribution in [1.29, 1.82) is 0 Å². The van der Waals surface area contributed by atoms with Gasteiger partial charge in [-0.15, -0.1) is 0 Å². The van der Waals surface area contributed by atoms with Crippen LogP contribution in [-0.2, 0) is 13.2 Å². The standard InChI is InChI=1S/C22H18Cl2N4OS/c23-18-11-10-17(19(24)12-18)14-29-20-9-5-4-8-16(20)13-25-28-21(26-27-22(28)30)15-6-2-1-3-7-15/h1-12,25H,13-14H2,(H,27,30). The summed E-state index contributed by atoms with van der Waals surface area (Å²) in [4.78, 5) is 0. The summed E-state index contributed by atoms with van der Waals surface area (Å²) in [5.41, 5.74) is 6.13. The largest absolute Gasteiger partial charge is 0.488 e. The summed E-state index contributed by atoms with van der Waals surface area (Å²) in [6, 6.07) is 23.0. The van der Waals surface area contributed by atoms with E-state index in [0.717, 1.165) is 22.4 Å². The fraction of sp³-hybridized carbons (Fsp3) is 0.0909. The molecule has 0 spiro atoms. The smallest absolute Gasteiger partial charge is 0.214 e. The van der Waals surface area contributed by atoms with Gasteiger partial charge in [0.25, 0.3) is 0 Å². The molecule has 0 unspecified atom stereocenters. The first-order valence-electron chi connectivity index (χ1n) is 9.23. The molecule has 4 aromatic rings. The van der Waals surface area contributed by atoms with Crippen molar-refractivity contribution in [3.05, 3.63) is 98.7 Å². The summed E-state index contributed by atoms with van der Waals surface area (Å²) in [5, 5.41) is 8.36. The Hall–Kier alpha value is -2.80. The van der Waals surface area contributed by atoms with Gasteiger partial charge in [-0.3, -0.25) is 0 Å². The Kier molecular flexibility index (Phi) is 6.38. The Morgan fingerprint density at radius 1 is 0.967 bits per heavy atom. The monoisotopic (exact) mass is 456 g/mol. The molecule has 3 aromatic carbocycles. The van der Waals surface area contributed by atoms with E-state index in [9.17, 15) is 0 Å². The molecule has 30 heavy (non-hydrogen) atoms. The van der Waals surface area contributed by atoms with Crippen molar-refractivity contribution in [3.63, 3.8) is 0 Å². The van der Waals surface area contributed by atoms with Crippen molar-refractivity contribution in [2.45, 2.75) is 13.2 Å². The van der Waals surface area contributed by atoms with E-state index in [1.165, 1.54) is 0 Å². The molecule has 2 N–H and O–H groups in total. The number of ether oxygens (including phenoxy) is 1. The molecule has 0 amide bonds. The predicted molar refractivity (Wildman–Crippen MR) is 123 cm³/mol. The third kappa shape index (κ3) is 4.67. The summed E-state index contributed by atoms with van der Waals surface area (Å²) in [5.74, 6) is 1.47. The van der Waals surface area contributed by atoms with Crippen LogP contribution in [-0.4, -0.2) is 14.9 Å². The number of benzene rings is 3. The molecular weight excluding hydrogens is 439 g/mol. The van der Waals surface area contributed by atoms with Crippen molar-refractivity contribution in [2.24, 2.45) is 0 Å². The van der Waals surface area contributed by atoms with Crippen LogP contribution in [0.3, 0.4) is 0 Å². The summed E-state index contributed by atoms with van der Waals surface area (Å²) in [6.07, 6.45) is 0. The van der Waals surface area contributed by atoms with Gasteiger partial charge in [0.15, 0.2) is 5.82 Å². The Morgan fingerprint density at radius 2 is 1.73 bits per heavy atom. The first-order chi connectivity index (χ1) is 14.6. The number of hydrogen-bond acceptors (Lipinski definition) is 4. The molecule has 4 rings (SSSR count). The van der Waals surface area contributed by atoms with Crippen molar-refractivity contribution in [2.75, 3.05) is 5.43 Å². The molecule has 0 atom stereocenters. The molecule has 1 aromatic heterocycles. The molecule has 0 saturated carbocycles. The maximum absolute atomic E-state index is 6.26. The fourth-order valence-electron chi connectivity index (χ4n) is 2.97. The number of nitrogens with zero attached hydrogens (tertiary/aromatic N) is 2. The minimum absolute atomic E-state index is 0.341. The zero-order valence-electron chi connectivity index (χ0n) is 15.8. The quantitative estimate of drug-likeness (QED) is 0.323. The molecular formula is C22H18Cl2N4OS. The second-order valence-electron chi connectivity index (χ2n) is 6.52. The van der Waals surface area contributed by atoms with Crippen molar-refractivity contribution >= 4 is 35.4 Å². The van der Waals surface area contributed by atoms with E-state index in [4.69, 9.17) is 40.2 Å².